The van der Waals surface area contributed by atoms with Crippen LogP contribution in [0.15, 0.2) is 93.9 Å². The van der Waals surface area contributed by atoms with Crippen LogP contribution in [0.25, 0.3) is 0 Å². The molecule has 2 N–H and O–H groups in total. The fourth-order valence-electron chi connectivity index (χ4n) is 4.70. The lowest BCUT2D eigenvalue weighted by molar-refractivity contribution is 0.471. The Kier molecular flexibility index (Phi) is 4.72. The van der Waals surface area contributed by atoms with Gasteiger partial charge in [0, 0.05) is 0 Å². The largest absolute Gasteiger partial charge is 0.507 e. The van der Waals surface area contributed by atoms with E-state index in [1.54, 1.807) is 12.1 Å². The predicted molar refractivity (Wildman–Crippen MR) is 126 cm³/mol. The van der Waals surface area contributed by atoms with Crippen LogP contribution in [0.4, 0.5) is 0 Å². The van der Waals surface area contributed by atoms with E-state index in [1.807, 2.05) is 24.3 Å². The predicted octanol–water partition coefficient (Wildman–Crippen LogP) is 6.91. The number of rotatable bonds is 2. The van der Waals surface area contributed by atoms with E-state index in [9.17, 15) is 10.2 Å². The van der Waals surface area contributed by atoms with E-state index in [-0.39, 0.29) is 11.5 Å². The van der Waals surface area contributed by atoms with Crippen molar-refractivity contribution in [3.63, 3.8) is 0 Å². The Hall–Kier alpha value is -2.56. The first-order valence-electron chi connectivity index (χ1n) is 9.66. The van der Waals surface area contributed by atoms with Crippen molar-refractivity contribution < 1.29 is 10.2 Å². The van der Waals surface area contributed by atoms with Crippen molar-refractivity contribution in [2.75, 3.05) is 0 Å². The van der Waals surface area contributed by atoms with Gasteiger partial charge in [-0.1, -0.05) is 60.7 Å². The Morgan fingerprint density at radius 2 is 1.03 bits per heavy atom. The molecule has 1 aliphatic rings. The number of benzene rings is 4. The molecule has 0 saturated heterocycles. The van der Waals surface area contributed by atoms with Gasteiger partial charge in [0.15, 0.2) is 0 Å². The Balaban J connectivity index is 1.97. The first-order valence-corrected chi connectivity index (χ1v) is 11.2. The normalized spacial score (nSPS) is 14.1. The summed E-state index contributed by atoms with van der Waals surface area (Å²) in [5, 5.41) is 20.4. The third-order valence-corrected chi connectivity index (χ3v) is 7.26. The van der Waals surface area contributed by atoms with Crippen molar-refractivity contribution in [2.45, 2.75) is 11.8 Å². The minimum atomic E-state index is -0.585. The summed E-state index contributed by atoms with van der Waals surface area (Å²) in [5.41, 5.74) is 6.46. The van der Waals surface area contributed by atoms with Crippen molar-refractivity contribution in [2.24, 2.45) is 0 Å². The molecule has 0 aliphatic heterocycles. The summed E-state index contributed by atoms with van der Waals surface area (Å²) >= 11 is 7.03. The first-order chi connectivity index (χ1) is 14.5. The molecule has 4 aromatic rings. The highest BCUT2D eigenvalue weighted by Crippen LogP contribution is 2.52. The van der Waals surface area contributed by atoms with Crippen molar-refractivity contribution in [1.82, 2.24) is 0 Å². The van der Waals surface area contributed by atoms with Crippen molar-refractivity contribution in [1.29, 1.82) is 0 Å². The molecule has 2 nitrogen and oxygen atoms in total. The number of halogens is 2. The second kappa shape index (κ2) is 7.29. The van der Waals surface area contributed by atoms with Gasteiger partial charge in [0.25, 0.3) is 0 Å². The SMILES string of the molecule is Oc1ccc(C2(c3ccc(O)c(Br)c3)c3ccccc3Cc3ccccc32)cc1Br. The highest BCUT2D eigenvalue weighted by molar-refractivity contribution is 9.10. The zero-order valence-electron chi connectivity index (χ0n) is 15.9. The molecule has 148 valence electrons. The molecule has 4 aromatic carbocycles. The topological polar surface area (TPSA) is 40.5 Å². The van der Waals surface area contributed by atoms with E-state index in [4.69, 9.17) is 0 Å². The van der Waals surface area contributed by atoms with Crippen LogP contribution in [0, 0.1) is 0 Å². The molecule has 0 amide bonds. The van der Waals surface area contributed by atoms with E-state index < -0.39 is 5.41 Å². The maximum atomic E-state index is 10.2. The van der Waals surface area contributed by atoms with E-state index >= 15 is 0 Å². The maximum absolute atomic E-state index is 10.2. The summed E-state index contributed by atoms with van der Waals surface area (Å²) in [7, 11) is 0. The molecule has 0 saturated carbocycles. The molecule has 0 radical (unpaired) electrons. The van der Waals surface area contributed by atoms with E-state index in [2.05, 4.69) is 80.4 Å². The van der Waals surface area contributed by atoms with Crippen LogP contribution < -0.4 is 0 Å². The van der Waals surface area contributed by atoms with Crippen LogP contribution >= 0.6 is 31.9 Å². The van der Waals surface area contributed by atoms with Gasteiger partial charge in [-0.15, -0.1) is 0 Å². The Labute approximate surface area is 192 Å². The standard InChI is InChI=1S/C26H18Br2O2/c27-22-14-18(9-11-24(22)29)26(19-10-12-25(30)23(28)15-19)20-7-3-1-5-16(20)13-17-6-2-4-8-21(17)26/h1-12,14-15,29-30H,13H2. The fourth-order valence-corrected chi connectivity index (χ4v) is 5.46. The molecule has 0 unspecified atom stereocenters. The summed E-state index contributed by atoms with van der Waals surface area (Å²) in [6.07, 6.45) is 0.868. The Bertz CT molecular complexity index is 1180. The molecule has 0 fully saturated rings. The van der Waals surface area contributed by atoms with E-state index in [0.29, 0.717) is 8.95 Å². The van der Waals surface area contributed by atoms with Gasteiger partial charge in [0.1, 0.15) is 11.5 Å². The van der Waals surface area contributed by atoms with Gasteiger partial charge in [-0.3, -0.25) is 0 Å². The Morgan fingerprint density at radius 1 is 0.600 bits per heavy atom. The summed E-state index contributed by atoms with van der Waals surface area (Å²) < 4.78 is 1.30. The van der Waals surface area contributed by atoms with Gasteiger partial charge in [0.05, 0.1) is 14.4 Å². The number of aromatic hydroxyl groups is 2. The zero-order chi connectivity index (χ0) is 20.9. The van der Waals surface area contributed by atoms with Crippen LogP contribution in [0.2, 0.25) is 0 Å². The fraction of sp³-hybridized carbons (Fsp3) is 0.0769. The number of phenols is 2. The summed E-state index contributed by atoms with van der Waals surface area (Å²) in [6, 6.07) is 28.5. The van der Waals surface area contributed by atoms with Gasteiger partial charge < -0.3 is 10.2 Å². The number of hydrogen-bond acceptors (Lipinski definition) is 2. The molecule has 0 aromatic heterocycles. The molecule has 0 spiro atoms. The molecule has 5 rings (SSSR count). The molecular weight excluding hydrogens is 504 g/mol. The maximum Gasteiger partial charge on any atom is 0.129 e. The molecule has 4 heteroatoms. The lowest BCUT2D eigenvalue weighted by Crippen LogP contribution is -2.36. The van der Waals surface area contributed by atoms with Gasteiger partial charge in [-0.2, -0.15) is 0 Å². The second-order valence-electron chi connectivity index (χ2n) is 7.57. The van der Waals surface area contributed by atoms with Crippen LogP contribution in [0.1, 0.15) is 33.4 Å². The molecule has 30 heavy (non-hydrogen) atoms. The first kappa shape index (κ1) is 19.4. The van der Waals surface area contributed by atoms with E-state index in [1.165, 1.54) is 22.3 Å². The number of hydrogen-bond donors (Lipinski definition) is 2. The number of fused-ring (bicyclic) bond motifs is 2. The van der Waals surface area contributed by atoms with Gasteiger partial charge >= 0.3 is 0 Å². The van der Waals surface area contributed by atoms with Crippen LogP contribution in [-0.2, 0) is 11.8 Å². The molecular formula is C26H18Br2O2. The molecule has 1 aliphatic carbocycles. The average Bonchev–Trinajstić information content (AvgIpc) is 2.76. The molecule has 0 heterocycles. The monoisotopic (exact) mass is 520 g/mol. The van der Waals surface area contributed by atoms with Crippen molar-refractivity contribution >= 4 is 31.9 Å². The highest BCUT2D eigenvalue weighted by atomic mass is 79.9. The number of phenolic OH excluding ortho intramolecular Hbond substituents is 2. The minimum absolute atomic E-state index is 0.207. The van der Waals surface area contributed by atoms with Crippen molar-refractivity contribution in [3.8, 4) is 11.5 Å². The minimum Gasteiger partial charge on any atom is -0.507 e. The third-order valence-electron chi connectivity index (χ3n) is 5.99. The Morgan fingerprint density at radius 3 is 1.47 bits per heavy atom. The smallest absolute Gasteiger partial charge is 0.129 e. The lowest BCUT2D eigenvalue weighted by atomic mass is 9.60. The lowest BCUT2D eigenvalue weighted by Gasteiger charge is -2.42. The van der Waals surface area contributed by atoms with Gasteiger partial charge in [0.2, 0.25) is 0 Å². The van der Waals surface area contributed by atoms with Gasteiger partial charge in [-0.25, -0.2) is 0 Å². The van der Waals surface area contributed by atoms with Crippen LogP contribution in [0.5, 0.6) is 11.5 Å². The van der Waals surface area contributed by atoms with Crippen LogP contribution in [-0.4, -0.2) is 10.2 Å². The summed E-state index contributed by atoms with van der Waals surface area (Å²) in [5.74, 6) is 0.413. The molecule has 0 bridgehead atoms. The summed E-state index contributed by atoms with van der Waals surface area (Å²) in [4.78, 5) is 0. The highest BCUT2D eigenvalue weighted by Gasteiger charge is 2.44. The summed E-state index contributed by atoms with van der Waals surface area (Å²) in [6.45, 7) is 0. The van der Waals surface area contributed by atoms with E-state index in [0.717, 1.165) is 17.5 Å². The average molecular weight is 522 g/mol. The zero-order valence-corrected chi connectivity index (χ0v) is 19.1. The second-order valence-corrected chi connectivity index (χ2v) is 9.28. The van der Waals surface area contributed by atoms with Crippen molar-refractivity contribution in [3.05, 3.63) is 127 Å². The quantitative estimate of drug-likeness (QED) is 0.265. The molecule has 0 atom stereocenters. The third kappa shape index (κ3) is 2.82. The van der Waals surface area contributed by atoms with Gasteiger partial charge in [-0.05, 0) is 95.9 Å². The van der Waals surface area contributed by atoms with Crippen LogP contribution in [0.3, 0.4) is 0 Å².